The number of halogens is 1. The van der Waals surface area contributed by atoms with Gasteiger partial charge in [-0.05, 0) is 25.5 Å². The van der Waals surface area contributed by atoms with Gasteiger partial charge in [0.2, 0.25) is 0 Å². The minimum Gasteiger partial charge on any atom is -0.389 e. The fraction of sp³-hybridized carbons (Fsp3) is 0.333. The fourth-order valence-corrected chi connectivity index (χ4v) is 1.26. The van der Waals surface area contributed by atoms with Gasteiger partial charge in [-0.1, -0.05) is 29.3 Å². The number of benzene rings is 1. The molecule has 1 aromatic carbocycles. The molecule has 0 fully saturated rings. The summed E-state index contributed by atoms with van der Waals surface area (Å²) in [5.41, 5.74) is 1.91. The molecule has 0 aromatic heterocycles. The molecule has 0 spiro atoms. The first-order valence-corrected chi connectivity index (χ1v) is 3.93. The van der Waals surface area contributed by atoms with Crippen molar-refractivity contribution >= 4 is 11.6 Å². The first kappa shape index (κ1) is 8.57. The number of hydrogen-bond donors (Lipinski definition) is 1. The molecule has 0 amide bonds. The molecule has 0 radical (unpaired) electrons. The summed E-state index contributed by atoms with van der Waals surface area (Å²) < 4.78 is 0. The van der Waals surface area contributed by atoms with Crippen molar-refractivity contribution in [2.75, 3.05) is 0 Å². The molecule has 1 N–H and O–H groups in total. The van der Waals surface area contributed by atoms with Gasteiger partial charge in [0.1, 0.15) is 0 Å². The van der Waals surface area contributed by atoms with Gasteiger partial charge in [-0.2, -0.15) is 0 Å². The fourth-order valence-electron chi connectivity index (χ4n) is 0.983. The molecule has 0 aliphatic carbocycles. The van der Waals surface area contributed by atoms with Crippen molar-refractivity contribution in [3.63, 3.8) is 0 Å². The SMILES string of the molecule is Cc1ccc(Cl)c([C@H](C)O)c1. The minimum atomic E-state index is -0.484. The van der Waals surface area contributed by atoms with Gasteiger partial charge < -0.3 is 5.11 Å². The van der Waals surface area contributed by atoms with Gasteiger partial charge in [0.25, 0.3) is 0 Å². The molecule has 1 atom stereocenters. The van der Waals surface area contributed by atoms with Crippen LogP contribution >= 0.6 is 11.6 Å². The molecule has 1 nitrogen and oxygen atoms in total. The van der Waals surface area contributed by atoms with Crippen molar-refractivity contribution in [1.82, 2.24) is 0 Å². The van der Waals surface area contributed by atoms with Crippen LogP contribution in [0.5, 0.6) is 0 Å². The van der Waals surface area contributed by atoms with E-state index in [4.69, 9.17) is 11.6 Å². The second-order valence-corrected chi connectivity index (χ2v) is 3.11. The number of aliphatic hydroxyl groups is 1. The monoisotopic (exact) mass is 170 g/mol. The van der Waals surface area contributed by atoms with Crippen LogP contribution in [0.15, 0.2) is 18.2 Å². The van der Waals surface area contributed by atoms with Gasteiger partial charge >= 0.3 is 0 Å². The highest BCUT2D eigenvalue weighted by atomic mass is 35.5. The van der Waals surface area contributed by atoms with Crippen LogP contribution in [0.25, 0.3) is 0 Å². The maximum atomic E-state index is 9.24. The predicted molar refractivity (Wildman–Crippen MR) is 46.8 cm³/mol. The Kier molecular flexibility index (Phi) is 2.53. The van der Waals surface area contributed by atoms with E-state index in [1.165, 1.54) is 0 Å². The summed E-state index contributed by atoms with van der Waals surface area (Å²) in [6, 6.07) is 5.63. The summed E-state index contributed by atoms with van der Waals surface area (Å²) in [7, 11) is 0. The molecular weight excluding hydrogens is 160 g/mol. The Balaban J connectivity index is 3.13. The summed E-state index contributed by atoms with van der Waals surface area (Å²) in [4.78, 5) is 0. The molecule has 0 aliphatic rings. The van der Waals surface area contributed by atoms with Gasteiger partial charge in [-0.15, -0.1) is 0 Å². The number of hydrogen-bond acceptors (Lipinski definition) is 1. The predicted octanol–water partition coefficient (Wildman–Crippen LogP) is 2.70. The van der Waals surface area contributed by atoms with Crippen LogP contribution in [0.1, 0.15) is 24.2 Å². The summed E-state index contributed by atoms with van der Waals surface area (Å²) >= 11 is 5.83. The van der Waals surface area contributed by atoms with E-state index in [1.807, 2.05) is 19.1 Å². The molecule has 0 heterocycles. The third-order valence-electron chi connectivity index (χ3n) is 1.60. The lowest BCUT2D eigenvalue weighted by atomic mass is 10.1. The van der Waals surface area contributed by atoms with E-state index in [0.717, 1.165) is 11.1 Å². The van der Waals surface area contributed by atoms with Crippen molar-refractivity contribution < 1.29 is 5.11 Å². The average molecular weight is 171 g/mol. The van der Waals surface area contributed by atoms with Crippen molar-refractivity contribution in [2.45, 2.75) is 20.0 Å². The second kappa shape index (κ2) is 3.24. The molecule has 0 bridgehead atoms. The molecule has 0 saturated carbocycles. The second-order valence-electron chi connectivity index (χ2n) is 2.70. The summed E-state index contributed by atoms with van der Waals surface area (Å²) in [5, 5.41) is 9.87. The zero-order valence-electron chi connectivity index (χ0n) is 6.63. The van der Waals surface area contributed by atoms with Crippen LogP contribution in [0.4, 0.5) is 0 Å². The van der Waals surface area contributed by atoms with Crippen LogP contribution in [-0.2, 0) is 0 Å². The standard InChI is InChI=1S/C9H11ClO/c1-6-3-4-9(10)8(5-6)7(2)11/h3-5,7,11H,1-2H3/t7-/m0/s1. The zero-order chi connectivity index (χ0) is 8.43. The van der Waals surface area contributed by atoms with Crippen LogP contribution in [-0.4, -0.2) is 5.11 Å². The van der Waals surface area contributed by atoms with Crippen LogP contribution in [0.2, 0.25) is 5.02 Å². The molecule has 60 valence electrons. The molecule has 1 aromatic rings. The number of rotatable bonds is 1. The molecule has 2 heteroatoms. The normalized spacial score (nSPS) is 13.1. The zero-order valence-corrected chi connectivity index (χ0v) is 7.39. The topological polar surface area (TPSA) is 20.2 Å². The lowest BCUT2D eigenvalue weighted by Gasteiger charge is -2.07. The van der Waals surface area contributed by atoms with Crippen molar-refractivity contribution in [3.05, 3.63) is 34.3 Å². The van der Waals surface area contributed by atoms with Gasteiger partial charge in [0.05, 0.1) is 6.10 Å². The largest absolute Gasteiger partial charge is 0.389 e. The van der Waals surface area contributed by atoms with Crippen molar-refractivity contribution in [1.29, 1.82) is 0 Å². The highest BCUT2D eigenvalue weighted by Gasteiger charge is 2.04. The van der Waals surface area contributed by atoms with Gasteiger partial charge in [-0.3, -0.25) is 0 Å². The highest BCUT2D eigenvalue weighted by Crippen LogP contribution is 2.23. The first-order valence-electron chi connectivity index (χ1n) is 3.55. The van der Waals surface area contributed by atoms with Gasteiger partial charge in [0.15, 0.2) is 0 Å². The number of aliphatic hydroxyl groups excluding tert-OH is 1. The number of aryl methyl sites for hydroxylation is 1. The van der Waals surface area contributed by atoms with Crippen LogP contribution in [0.3, 0.4) is 0 Å². The van der Waals surface area contributed by atoms with E-state index in [2.05, 4.69) is 0 Å². The Morgan fingerprint density at radius 3 is 2.55 bits per heavy atom. The average Bonchev–Trinajstić information content (AvgIpc) is 1.94. The minimum absolute atomic E-state index is 0.484. The third kappa shape index (κ3) is 1.95. The summed E-state index contributed by atoms with van der Waals surface area (Å²) in [6.45, 7) is 3.68. The lowest BCUT2D eigenvalue weighted by molar-refractivity contribution is 0.199. The first-order chi connectivity index (χ1) is 5.11. The van der Waals surface area contributed by atoms with Gasteiger partial charge in [-0.25, -0.2) is 0 Å². The molecule has 0 aliphatic heterocycles. The van der Waals surface area contributed by atoms with Gasteiger partial charge in [0, 0.05) is 5.02 Å². The smallest absolute Gasteiger partial charge is 0.0776 e. The third-order valence-corrected chi connectivity index (χ3v) is 1.95. The van der Waals surface area contributed by atoms with E-state index in [-0.39, 0.29) is 0 Å². The Hall–Kier alpha value is -0.530. The maximum Gasteiger partial charge on any atom is 0.0776 e. The highest BCUT2D eigenvalue weighted by molar-refractivity contribution is 6.31. The molecular formula is C9H11ClO. The lowest BCUT2D eigenvalue weighted by Crippen LogP contribution is -1.92. The van der Waals surface area contributed by atoms with Crippen molar-refractivity contribution in [2.24, 2.45) is 0 Å². The molecule has 1 rings (SSSR count). The van der Waals surface area contributed by atoms with E-state index < -0.39 is 6.10 Å². The Bertz CT molecular complexity index is 256. The van der Waals surface area contributed by atoms with E-state index in [9.17, 15) is 5.11 Å². The van der Waals surface area contributed by atoms with Crippen LogP contribution < -0.4 is 0 Å². The molecule has 0 saturated heterocycles. The Labute approximate surface area is 71.6 Å². The summed E-state index contributed by atoms with van der Waals surface area (Å²) in [6.07, 6.45) is -0.484. The summed E-state index contributed by atoms with van der Waals surface area (Å²) in [5.74, 6) is 0. The van der Waals surface area contributed by atoms with Crippen molar-refractivity contribution in [3.8, 4) is 0 Å². The van der Waals surface area contributed by atoms with Crippen LogP contribution in [0, 0.1) is 6.92 Å². The van der Waals surface area contributed by atoms with E-state index in [1.54, 1.807) is 13.0 Å². The maximum absolute atomic E-state index is 9.24. The van der Waals surface area contributed by atoms with E-state index in [0.29, 0.717) is 5.02 Å². The Morgan fingerprint density at radius 2 is 2.09 bits per heavy atom. The quantitative estimate of drug-likeness (QED) is 0.687. The van der Waals surface area contributed by atoms with E-state index >= 15 is 0 Å². The Morgan fingerprint density at radius 1 is 1.45 bits per heavy atom. The molecule has 0 unspecified atom stereocenters. The molecule has 11 heavy (non-hydrogen) atoms.